The monoisotopic (exact) mass is 230 g/mol. The second kappa shape index (κ2) is 4.91. The third-order valence-electron chi connectivity index (χ3n) is 2.73. The van der Waals surface area contributed by atoms with Gasteiger partial charge in [0, 0.05) is 44.9 Å². The molecule has 2 aromatic rings. The van der Waals surface area contributed by atoms with Gasteiger partial charge in [-0.15, -0.1) is 0 Å². The van der Waals surface area contributed by atoms with Crippen LogP contribution < -0.4 is 10.2 Å². The van der Waals surface area contributed by atoms with Gasteiger partial charge in [0.1, 0.15) is 5.82 Å². The summed E-state index contributed by atoms with van der Waals surface area (Å²) in [5.74, 6) is 1.03. The van der Waals surface area contributed by atoms with Crippen LogP contribution in [0, 0.1) is 0 Å². The summed E-state index contributed by atoms with van der Waals surface area (Å²) in [6.45, 7) is 0.736. The molecule has 0 bridgehead atoms. The lowest BCUT2D eigenvalue weighted by Gasteiger charge is -2.14. The maximum absolute atomic E-state index is 4.28. The molecule has 4 heteroatoms. The molecule has 0 aliphatic rings. The summed E-state index contributed by atoms with van der Waals surface area (Å²) in [6, 6.07) is 8.33. The fraction of sp³-hybridized carbons (Fsp3) is 0.308. The van der Waals surface area contributed by atoms with Crippen LogP contribution >= 0.6 is 0 Å². The quantitative estimate of drug-likeness (QED) is 0.873. The number of imidazole rings is 1. The van der Waals surface area contributed by atoms with Gasteiger partial charge in [0.2, 0.25) is 0 Å². The predicted molar refractivity (Wildman–Crippen MR) is 71.3 cm³/mol. The van der Waals surface area contributed by atoms with E-state index in [-0.39, 0.29) is 0 Å². The zero-order valence-corrected chi connectivity index (χ0v) is 10.5. The van der Waals surface area contributed by atoms with Gasteiger partial charge in [-0.05, 0) is 18.2 Å². The third-order valence-corrected chi connectivity index (χ3v) is 2.73. The first-order chi connectivity index (χ1) is 8.16. The number of benzene rings is 1. The number of hydrogen-bond acceptors (Lipinski definition) is 3. The van der Waals surface area contributed by atoms with Crippen molar-refractivity contribution in [1.82, 2.24) is 9.55 Å². The molecule has 0 saturated heterocycles. The number of aromatic nitrogens is 2. The van der Waals surface area contributed by atoms with Crippen molar-refractivity contribution in [2.24, 2.45) is 7.05 Å². The first-order valence-corrected chi connectivity index (χ1v) is 5.64. The molecule has 90 valence electrons. The van der Waals surface area contributed by atoms with E-state index in [1.165, 1.54) is 5.69 Å². The van der Waals surface area contributed by atoms with E-state index in [1.54, 1.807) is 0 Å². The molecule has 0 spiro atoms. The minimum atomic E-state index is 0.736. The van der Waals surface area contributed by atoms with E-state index in [1.807, 2.05) is 38.1 Å². The van der Waals surface area contributed by atoms with Gasteiger partial charge in [0.05, 0.1) is 6.54 Å². The second-order valence-corrected chi connectivity index (χ2v) is 4.25. The van der Waals surface area contributed by atoms with E-state index in [0.29, 0.717) is 0 Å². The van der Waals surface area contributed by atoms with Gasteiger partial charge < -0.3 is 14.8 Å². The summed E-state index contributed by atoms with van der Waals surface area (Å²) < 4.78 is 2.02. The zero-order chi connectivity index (χ0) is 12.3. The average Bonchev–Trinajstić information content (AvgIpc) is 2.72. The first kappa shape index (κ1) is 11.5. The van der Waals surface area contributed by atoms with Crippen molar-refractivity contribution in [3.63, 3.8) is 0 Å². The summed E-state index contributed by atoms with van der Waals surface area (Å²) in [4.78, 5) is 6.37. The lowest BCUT2D eigenvalue weighted by atomic mass is 10.2. The first-order valence-electron chi connectivity index (χ1n) is 5.64. The molecule has 1 N–H and O–H groups in total. The molecule has 1 aromatic heterocycles. The van der Waals surface area contributed by atoms with Gasteiger partial charge in [-0.2, -0.15) is 0 Å². The number of nitrogens with one attached hydrogen (secondary N) is 1. The second-order valence-electron chi connectivity index (χ2n) is 4.25. The minimum Gasteiger partial charge on any atom is -0.378 e. The van der Waals surface area contributed by atoms with Crippen LogP contribution in [0.3, 0.4) is 0 Å². The highest BCUT2D eigenvalue weighted by Crippen LogP contribution is 2.17. The van der Waals surface area contributed by atoms with E-state index < -0.39 is 0 Å². The van der Waals surface area contributed by atoms with Crippen LogP contribution in [0.15, 0.2) is 36.7 Å². The Morgan fingerprint density at radius 3 is 2.82 bits per heavy atom. The fourth-order valence-electron chi connectivity index (χ4n) is 1.64. The molecule has 0 fully saturated rings. The highest BCUT2D eigenvalue weighted by molar-refractivity contribution is 5.57. The molecule has 0 saturated carbocycles. The van der Waals surface area contributed by atoms with Crippen molar-refractivity contribution in [2.45, 2.75) is 6.54 Å². The SMILES string of the molecule is CN(C)c1cccc(NCc2nccn2C)c1. The number of aryl methyl sites for hydroxylation is 1. The average molecular weight is 230 g/mol. The summed E-state index contributed by atoms with van der Waals surface area (Å²) in [5, 5.41) is 3.37. The largest absolute Gasteiger partial charge is 0.378 e. The smallest absolute Gasteiger partial charge is 0.127 e. The Morgan fingerprint density at radius 2 is 2.18 bits per heavy atom. The molecule has 0 aliphatic heterocycles. The fourth-order valence-corrected chi connectivity index (χ4v) is 1.64. The molecule has 1 heterocycles. The zero-order valence-electron chi connectivity index (χ0n) is 10.5. The molecule has 4 nitrogen and oxygen atoms in total. The van der Waals surface area contributed by atoms with Crippen molar-refractivity contribution in [3.05, 3.63) is 42.5 Å². The van der Waals surface area contributed by atoms with Gasteiger partial charge in [0.25, 0.3) is 0 Å². The number of anilines is 2. The lowest BCUT2D eigenvalue weighted by Crippen LogP contribution is -2.09. The Bertz CT molecular complexity index is 488. The van der Waals surface area contributed by atoms with Gasteiger partial charge in [-0.3, -0.25) is 0 Å². The van der Waals surface area contributed by atoms with Crippen LogP contribution in [-0.4, -0.2) is 23.6 Å². The lowest BCUT2D eigenvalue weighted by molar-refractivity contribution is 0.813. The van der Waals surface area contributed by atoms with Crippen molar-refractivity contribution < 1.29 is 0 Å². The maximum atomic E-state index is 4.28. The number of hydrogen-bond donors (Lipinski definition) is 1. The Morgan fingerprint density at radius 1 is 1.35 bits per heavy atom. The summed E-state index contributed by atoms with van der Waals surface area (Å²) >= 11 is 0. The molecule has 0 amide bonds. The Balaban J connectivity index is 2.04. The van der Waals surface area contributed by atoms with Crippen LogP contribution in [0.25, 0.3) is 0 Å². The highest BCUT2D eigenvalue weighted by atomic mass is 15.1. The molecule has 0 radical (unpaired) electrons. The Labute approximate surface area is 102 Å². The van der Waals surface area contributed by atoms with E-state index >= 15 is 0 Å². The molecule has 0 aliphatic carbocycles. The van der Waals surface area contributed by atoms with Crippen LogP contribution in [0.4, 0.5) is 11.4 Å². The van der Waals surface area contributed by atoms with Crippen molar-refractivity contribution >= 4 is 11.4 Å². The third kappa shape index (κ3) is 2.78. The van der Waals surface area contributed by atoms with E-state index in [0.717, 1.165) is 18.1 Å². The van der Waals surface area contributed by atoms with E-state index in [4.69, 9.17) is 0 Å². The van der Waals surface area contributed by atoms with Gasteiger partial charge in [0.15, 0.2) is 0 Å². The van der Waals surface area contributed by atoms with Crippen LogP contribution in [-0.2, 0) is 13.6 Å². The number of nitrogens with zero attached hydrogens (tertiary/aromatic N) is 3. The van der Waals surface area contributed by atoms with Gasteiger partial charge in [-0.25, -0.2) is 4.98 Å². The number of rotatable bonds is 4. The predicted octanol–water partition coefficient (Wildman–Crippen LogP) is 2.10. The van der Waals surface area contributed by atoms with Crippen molar-refractivity contribution in [2.75, 3.05) is 24.3 Å². The summed E-state index contributed by atoms with van der Waals surface area (Å²) in [6.07, 6.45) is 3.76. The molecule has 2 rings (SSSR count). The molecule has 1 aromatic carbocycles. The normalized spacial score (nSPS) is 10.3. The maximum Gasteiger partial charge on any atom is 0.127 e. The minimum absolute atomic E-state index is 0.736. The van der Waals surface area contributed by atoms with Gasteiger partial charge >= 0.3 is 0 Å². The molecule has 17 heavy (non-hydrogen) atoms. The highest BCUT2D eigenvalue weighted by Gasteiger charge is 2.00. The topological polar surface area (TPSA) is 33.1 Å². The summed E-state index contributed by atoms with van der Waals surface area (Å²) in [7, 11) is 6.08. The molecular formula is C13H18N4. The molecule has 0 atom stereocenters. The van der Waals surface area contributed by atoms with Crippen LogP contribution in [0.5, 0.6) is 0 Å². The van der Waals surface area contributed by atoms with Crippen LogP contribution in [0.2, 0.25) is 0 Å². The van der Waals surface area contributed by atoms with Crippen molar-refractivity contribution in [3.8, 4) is 0 Å². The summed E-state index contributed by atoms with van der Waals surface area (Å²) in [5.41, 5.74) is 2.30. The Kier molecular flexibility index (Phi) is 3.32. The molecule has 0 unspecified atom stereocenters. The van der Waals surface area contributed by atoms with E-state index in [9.17, 15) is 0 Å². The van der Waals surface area contributed by atoms with Crippen molar-refractivity contribution in [1.29, 1.82) is 0 Å². The van der Waals surface area contributed by atoms with Gasteiger partial charge in [-0.1, -0.05) is 6.07 Å². The standard InChI is InChI=1S/C13H18N4/c1-16(2)12-6-4-5-11(9-12)15-10-13-14-7-8-17(13)3/h4-9,15H,10H2,1-3H3. The van der Waals surface area contributed by atoms with E-state index in [2.05, 4.69) is 39.5 Å². The van der Waals surface area contributed by atoms with Crippen LogP contribution in [0.1, 0.15) is 5.82 Å². The Hall–Kier alpha value is -1.97. The molecular weight excluding hydrogens is 212 g/mol.